The first kappa shape index (κ1) is 79.5. The fourth-order valence-electron chi connectivity index (χ4n) is 18.6. The van der Waals surface area contributed by atoms with Crippen molar-refractivity contribution in [1.29, 1.82) is 0 Å². The number of para-hydroxylation sites is 1. The lowest BCUT2D eigenvalue weighted by Gasteiger charge is -2.12. The Morgan fingerprint density at radius 1 is 0.169 bits per heavy atom. The standard InChI is InChI=1S/C45H27N3O.C39H24N4O.C38H24N4O/c1-2-10-31(11-3-1)45-48-39-23-21-30-16-17-34-26-37(20-22-38(34)42(30)43(39)49-45)44-46-40(35-18-14-28-8-4-6-12-32(28)24-35)27-41(47-44)36-19-15-29-9-5-7-13-33(29)25-36;1-3-11-25(12-4-1)26-21-23-28(24-22-26)38-40-37(27-13-5-2-6-14-27)41-39(42-38)43-31-17-9-16-30-29-15-7-8-19-33(29)44-34-20-10-18-32(43)36(34)35(30)31;1-4-11-26(12-5-1)35-40-36(27-13-6-2-7-14-27)42-37(41-35)31-18-10-17-29(23-31)30-20-19-25-21-22-33-34(32(25)24-30)43-38(39-33)28-15-8-3-9-16-28/h1-27H;1-24H;1-24H. The summed E-state index contributed by atoms with van der Waals surface area (Å²) in [5.74, 6) is 5.62. The van der Waals surface area contributed by atoms with Crippen molar-refractivity contribution in [2.75, 3.05) is 0 Å². The summed E-state index contributed by atoms with van der Waals surface area (Å²) in [7, 11) is 0. The first-order valence-corrected chi connectivity index (χ1v) is 45.2. The molecule has 636 valence electrons. The average Bonchev–Trinajstić information content (AvgIpc) is 1.55. The summed E-state index contributed by atoms with van der Waals surface area (Å²) in [5, 5.41) is 15.6. The van der Waals surface area contributed by atoms with Crippen LogP contribution in [0.1, 0.15) is 0 Å². The van der Waals surface area contributed by atoms with Crippen molar-refractivity contribution in [3.05, 3.63) is 455 Å². The molecule has 0 N–H and O–H groups in total. The van der Waals surface area contributed by atoms with Crippen molar-refractivity contribution in [3.63, 3.8) is 0 Å². The van der Waals surface area contributed by atoms with E-state index in [-0.39, 0.29) is 0 Å². The summed E-state index contributed by atoms with van der Waals surface area (Å²) in [6.45, 7) is 0. The van der Waals surface area contributed by atoms with Gasteiger partial charge in [0.1, 0.15) is 22.2 Å². The molecule has 0 saturated heterocycles. The van der Waals surface area contributed by atoms with Gasteiger partial charge in [-0.25, -0.2) is 39.9 Å². The molecule has 7 aromatic heterocycles. The molecule has 27 aromatic rings. The fourth-order valence-corrected chi connectivity index (χ4v) is 18.6. The van der Waals surface area contributed by atoms with Crippen molar-refractivity contribution in [1.82, 2.24) is 54.4 Å². The summed E-state index contributed by atoms with van der Waals surface area (Å²) in [4.78, 5) is 49.8. The highest BCUT2D eigenvalue weighted by atomic mass is 16.4. The molecule has 0 spiro atoms. The van der Waals surface area contributed by atoms with Crippen LogP contribution in [0.3, 0.4) is 0 Å². The Hall–Kier alpha value is -18.7. The Kier molecular flexibility index (Phi) is 19.9. The first-order chi connectivity index (χ1) is 67.3. The summed E-state index contributed by atoms with van der Waals surface area (Å²) in [6, 6.07) is 156. The third-order valence-corrected chi connectivity index (χ3v) is 25.3. The van der Waals surface area contributed by atoms with Crippen LogP contribution >= 0.6 is 0 Å². The van der Waals surface area contributed by atoms with Crippen LogP contribution in [-0.4, -0.2) is 54.4 Å². The van der Waals surface area contributed by atoms with Crippen LogP contribution in [-0.2, 0) is 0 Å². The maximum Gasteiger partial charge on any atom is 0.238 e. The molecule has 0 aliphatic rings. The molecular weight excluding hydrogens is 1670 g/mol. The summed E-state index contributed by atoms with van der Waals surface area (Å²) >= 11 is 0. The van der Waals surface area contributed by atoms with E-state index in [0.29, 0.717) is 52.7 Å². The zero-order valence-corrected chi connectivity index (χ0v) is 72.9. The largest absolute Gasteiger partial charge is 0.456 e. The van der Waals surface area contributed by atoms with Crippen LogP contribution in [0.25, 0.3) is 262 Å². The molecule has 0 aliphatic heterocycles. The maximum atomic E-state index is 6.54. The predicted octanol–water partition coefficient (Wildman–Crippen LogP) is 31.3. The molecule has 136 heavy (non-hydrogen) atoms. The Labute approximate surface area is 779 Å². The summed E-state index contributed by atoms with van der Waals surface area (Å²) < 4.78 is 21.4. The van der Waals surface area contributed by atoms with E-state index in [9.17, 15) is 0 Å². The van der Waals surface area contributed by atoms with Gasteiger partial charge in [0.05, 0.1) is 27.8 Å². The molecule has 0 bridgehead atoms. The number of aromatic nitrogens is 11. The topological polar surface area (TPSA) is 173 Å². The summed E-state index contributed by atoms with van der Waals surface area (Å²) in [6.07, 6.45) is 0. The third kappa shape index (κ3) is 15.0. The van der Waals surface area contributed by atoms with E-state index >= 15 is 0 Å². The van der Waals surface area contributed by atoms with Gasteiger partial charge in [0, 0.05) is 77.2 Å². The van der Waals surface area contributed by atoms with Crippen LogP contribution < -0.4 is 0 Å². The lowest BCUT2D eigenvalue weighted by atomic mass is 9.98. The van der Waals surface area contributed by atoms with Gasteiger partial charge in [-0.05, 0) is 168 Å². The number of oxazole rings is 2. The van der Waals surface area contributed by atoms with Gasteiger partial charge in [0.25, 0.3) is 0 Å². The zero-order chi connectivity index (χ0) is 89.9. The van der Waals surface area contributed by atoms with Gasteiger partial charge in [-0.1, -0.05) is 358 Å². The second kappa shape index (κ2) is 34.0. The van der Waals surface area contributed by atoms with Crippen LogP contribution in [0.5, 0.6) is 0 Å². The molecule has 0 unspecified atom stereocenters. The van der Waals surface area contributed by atoms with Crippen molar-refractivity contribution >= 4 is 120 Å². The minimum absolute atomic E-state index is 0.559. The van der Waals surface area contributed by atoms with Gasteiger partial charge in [0.15, 0.2) is 46.1 Å². The van der Waals surface area contributed by atoms with Gasteiger partial charge in [-0.3, -0.25) is 4.57 Å². The minimum atomic E-state index is 0.559. The molecule has 14 nitrogen and oxygen atoms in total. The molecule has 0 amide bonds. The van der Waals surface area contributed by atoms with E-state index in [0.717, 1.165) is 182 Å². The van der Waals surface area contributed by atoms with E-state index in [1.165, 1.54) is 27.1 Å². The molecule has 0 saturated carbocycles. The molecule has 0 radical (unpaired) electrons. The molecule has 7 heterocycles. The second-order valence-electron chi connectivity index (χ2n) is 33.7. The van der Waals surface area contributed by atoms with Gasteiger partial charge >= 0.3 is 0 Å². The molecular formula is C122H75N11O3. The minimum Gasteiger partial charge on any atom is -0.456 e. The number of fused-ring (bicyclic) bond motifs is 12. The number of hydrogen-bond acceptors (Lipinski definition) is 13. The lowest BCUT2D eigenvalue weighted by Crippen LogP contribution is -2.06. The van der Waals surface area contributed by atoms with E-state index in [1.807, 2.05) is 206 Å². The molecule has 0 atom stereocenters. The lowest BCUT2D eigenvalue weighted by molar-refractivity contribution is 0.622. The van der Waals surface area contributed by atoms with E-state index in [2.05, 4.69) is 253 Å². The normalized spacial score (nSPS) is 11.5. The summed E-state index contributed by atoms with van der Waals surface area (Å²) in [5.41, 5.74) is 22.8. The number of benzene rings is 20. The highest BCUT2D eigenvalue weighted by molar-refractivity contribution is 6.27. The van der Waals surface area contributed by atoms with Gasteiger partial charge < -0.3 is 13.3 Å². The smallest absolute Gasteiger partial charge is 0.238 e. The number of hydrogen-bond donors (Lipinski definition) is 0. The first-order valence-electron chi connectivity index (χ1n) is 45.2. The third-order valence-electron chi connectivity index (χ3n) is 25.3. The highest BCUT2D eigenvalue weighted by Gasteiger charge is 2.25. The average molecular weight is 1740 g/mol. The van der Waals surface area contributed by atoms with Crippen molar-refractivity contribution in [2.45, 2.75) is 0 Å². The molecule has 20 aromatic carbocycles. The number of nitrogens with zero attached hydrogens (tertiary/aromatic N) is 11. The second-order valence-corrected chi connectivity index (χ2v) is 33.7. The van der Waals surface area contributed by atoms with Crippen LogP contribution in [0, 0.1) is 0 Å². The van der Waals surface area contributed by atoms with Gasteiger partial charge in [-0.15, -0.1) is 0 Å². The maximum absolute atomic E-state index is 6.54. The van der Waals surface area contributed by atoms with Crippen molar-refractivity contribution < 1.29 is 13.3 Å². The number of rotatable bonds is 13. The monoisotopic (exact) mass is 1740 g/mol. The van der Waals surface area contributed by atoms with Crippen molar-refractivity contribution in [3.8, 4) is 142 Å². The van der Waals surface area contributed by atoms with Gasteiger partial charge in [-0.2, -0.15) is 9.97 Å². The fraction of sp³-hybridized carbons (Fsp3) is 0. The molecule has 27 rings (SSSR count). The highest BCUT2D eigenvalue weighted by Crippen LogP contribution is 2.44. The Morgan fingerprint density at radius 3 is 1.15 bits per heavy atom. The van der Waals surface area contributed by atoms with E-state index < -0.39 is 0 Å². The van der Waals surface area contributed by atoms with Crippen molar-refractivity contribution in [2.24, 2.45) is 0 Å². The predicted molar refractivity (Wildman–Crippen MR) is 551 cm³/mol. The Bertz CT molecular complexity index is 9140. The Balaban J connectivity index is 0.000000109. The quantitative estimate of drug-likeness (QED) is 0.0999. The molecule has 0 aliphatic carbocycles. The zero-order valence-electron chi connectivity index (χ0n) is 72.9. The van der Waals surface area contributed by atoms with E-state index in [4.69, 9.17) is 63.1 Å². The van der Waals surface area contributed by atoms with Crippen LogP contribution in [0.2, 0.25) is 0 Å². The Morgan fingerprint density at radius 2 is 0.544 bits per heavy atom. The molecule has 14 heteroatoms. The van der Waals surface area contributed by atoms with Gasteiger partial charge in [0.2, 0.25) is 17.7 Å². The van der Waals surface area contributed by atoms with E-state index in [1.54, 1.807) is 0 Å². The van der Waals surface area contributed by atoms with Crippen LogP contribution in [0.4, 0.5) is 0 Å². The molecule has 0 fully saturated rings. The SMILES string of the molecule is c1ccc(-c2ccc(-c3nc(-c4ccccc4)nc(-n4c5cccc6oc7ccccc7c7cccc4c7c65)n3)cc2)cc1.c1ccc(-c2nc(-c3ccccc3)nc(-c3cccc(-c4ccc5ccc6nc(-c7ccccc7)oc6c5c4)c3)n2)cc1.c1ccc(-c2nc3ccc4ccc5cc(-c6nc(-c7ccc8ccccc8c7)cc(-c7ccc8ccccc8c7)n6)ccc5c4c3o2)cc1. The van der Waals surface area contributed by atoms with Crippen LogP contribution in [0.15, 0.2) is 468 Å².